The van der Waals surface area contributed by atoms with Crippen molar-refractivity contribution < 1.29 is 4.79 Å². The van der Waals surface area contributed by atoms with Crippen molar-refractivity contribution in [3.63, 3.8) is 0 Å². The molecule has 23 heavy (non-hydrogen) atoms. The molecule has 6 nitrogen and oxygen atoms in total. The van der Waals surface area contributed by atoms with Crippen LogP contribution < -0.4 is 5.32 Å². The molecule has 0 spiro atoms. The molecule has 0 radical (unpaired) electrons. The summed E-state index contributed by atoms with van der Waals surface area (Å²) in [6.45, 7) is 0. The minimum atomic E-state index is -0.0431. The van der Waals surface area contributed by atoms with Gasteiger partial charge in [0, 0.05) is 10.6 Å². The summed E-state index contributed by atoms with van der Waals surface area (Å²) in [7, 11) is 0. The zero-order chi connectivity index (χ0) is 16.1. The lowest BCUT2D eigenvalue weighted by atomic mass is 10.1. The number of nitrogens with one attached hydrogen (secondary N) is 1. The molecular weight excluding hydrogens is 310 g/mol. The fourth-order valence-corrected chi connectivity index (χ4v) is 2.60. The molecule has 1 aromatic heterocycles. The fraction of sp³-hybridized carbons (Fsp3) is 0.125. The van der Waals surface area contributed by atoms with Crippen molar-refractivity contribution in [3.05, 3.63) is 60.4 Å². The second-order valence-corrected chi connectivity index (χ2v) is 5.76. The topological polar surface area (TPSA) is 72.7 Å². The Kier molecular flexibility index (Phi) is 4.68. The van der Waals surface area contributed by atoms with Gasteiger partial charge in [-0.1, -0.05) is 18.2 Å². The van der Waals surface area contributed by atoms with Crippen LogP contribution >= 0.6 is 11.8 Å². The summed E-state index contributed by atoms with van der Waals surface area (Å²) in [6, 6.07) is 15.4. The summed E-state index contributed by atoms with van der Waals surface area (Å²) in [4.78, 5) is 13.3. The van der Waals surface area contributed by atoms with Crippen molar-refractivity contribution in [3.8, 4) is 5.69 Å². The number of benzene rings is 2. The van der Waals surface area contributed by atoms with E-state index < -0.39 is 0 Å². The van der Waals surface area contributed by atoms with Gasteiger partial charge < -0.3 is 5.32 Å². The molecule has 116 valence electrons. The van der Waals surface area contributed by atoms with Crippen LogP contribution in [-0.4, -0.2) is 32.4 Å². The van der Waals surface area contributed by atoms with E-state index in [0.717, 1.165) is 21.8 Å². The van der Waals surface area contributed by atoms with Crippen LogP contribution in [0.3, 0.4) is 0 Å². The van der Waals surface area contributed by atoms with Gasteiger partial charge in [-0.05, 0) is 52.6 Å². The third-order valence-electron chi connectivity index (χ3n) is 3.27. The molecule has 0 aliphatic carbocycles. The van der Waals surface area contributed by atoms with Gasteiger partial charge in [-0.15, -0.1) is 16.9 Å². The maximum atomic E-state index is 12.1. The minimum Gasteiger partial charge on any atom is -0.326 e. The highest BCUT2D eigenvalue weighted by atomic mass is 32.2. The van der Waals surface area contributed by atoms with E-state index >= 15 is 0 Å². The Morgan fingerprint density at radius 2 is 2.04 bits per heavy atom. The van der Waals surface area contributed by atoms with Crippen LogP contribution in [0, 0.1) is 0 Å². The number of tetrazole rings is 1. The van der Waals surface area contributed by atoms with Crippen LogP contribution in [0.4, 0.5) is 5.69 Å². The lowest BCUT2D eigenvalue weighted by Crippen LogP contribution is -2.14. The number of aromatic nitrogens is 4. The largest absolute Gasteiger partial charge is 0.326 e. The summed E-state index contributed by atoms with van der Waals surface area (Å²) >= 11 is 1.64. The van der Waals surface area contributed by atoms with E-state index in [0.29, 0.717) is 6.42 Å². The summed E-state index contributed by atoms with van der Waals surface area (Å²) in [5, 5.41) is 13.9. The molecule has 1 N–H and O–H groups in total. The number of carbonyl (C=O) groups is 1. The molecule has 0 saturated carbocycles. The SMILES string of the molecule is CSc1cccc(NC(=O)Cc2ccc(-n3cnnn3)cc2)c1. The maximum Gasteiger partial charge on any atom is 0.228 e. The maximum absolute atomic E-state index is 12.1. The Morgan fingerprint density at radius 3 is 2.74 bits per heavy atom. The molecule has 0 saturated heterocycles. The second-order valence-electron chi connectivity index (χ2n) is 4.88. The Morgan fingerprint density at radius 1 is 1.22 bits per heavy atom. The van der Waals surface area contributed by atoms with Gasteiger partial charge >= 0.3 is 0 Å². The van der Waals surface area contributed by atoms with E-state index in [1.807, 2.05) is 54.8 Å². The van der Waals surface area contributed by atoms with Gasteiger partial charge in [-0.3, -0.25) is 4.79 Å². The zero-order valence-corrected chi connectivity index (χ0v) is 13.3. The van der Waals surface area contributed by atoms with Crippen molar-refractivity contribution in [1.29, 1.82) is 0 Å². The smallest absolute Gasteiger partial charge is 0.228 e. The Hall–Kier alpha value is -2.67. The van der Waals surface area contributed by atoms with Gasteiger partial charge in [-0.2, -0.15) is 0 Å². The molecule has 0 unspecified atom stereocenters. The quantitative estimate of drug-likeness (QED) is 0.730. The number of rotatable bonds is 5. The predicted molar refractivity (Wildman–Crippen MR) is 89.7 cm³/mol. The number of hydrogen-bond acceptors (Lipinski definition) is 5. The Bertz CT molecular complexity index is 786. The minimum absolute atomic E-state index is 0.0431. The first-order valence-corrected chi connectivity index (χ1v) is 8.23. The highest BCUT2D eigenvalue weighted by Crippen LogP contribution is 2.19. The van der Waals surface area contributed by atoms with Crippen LogP contribution in [0.5, 0.6) is 0 Å². The molecule has 0 atom stereocenters. The van der Waals surface area contributed by atoms with Crippen molar-refractivity contribution in [2.24, 2.45) is 0 Å². The van der Waals surface area contributed by atoms with Crippen LogP contribution in [0.25, 0.3) is 5.69 Å². The molecule has 7 heteroatoms. The van der Waals surface area contributed by atoms with Crippen molar-refractivity contribution in [1.82, 2.24) is 20.2 Å². The van der Waals surface area contributed by atoms with Crippen LogP contribution in [0.15, 0.2) is 59.8 Å². The molecule has 3 rings (SSSR count). The van der Waals surface area contributed by atoms with Gasteiger partial charge in [0.05, 0.1) is 12.1 Å². The average Bonchev–Trinajstić information content (AvgIpc) is 3.10. The normalized spacial score (nSPS) is 10.5. The molecule has 1 amide bonds. The molecule has 3 aromatic rings. The zero-order valence-electron chi connectivity index (χ0n) is 12.5. The Labute approximate surface area is 137 Å². The first-order chi connectivity index (χ1) is 11.2. The molecule has 0 bridgehead atoms. The number of anilines is 1. The summed E-state index contributed by atoms with van der Waals surface area (Å²) in [6.07, 6.45) is 3.85. The van der Waals surface area contributed by atoms with E-state index in [9.17, 15) is 4.79 Å². The molecule has 1 heterocycles. The molecular formula is C16H15N5OS. The fourth-order valence-electron chi connectivity index (χ4n) is 2.14. The van der Waals surface area contributed by atoms with Crippen LogP contribution in [-0.2, 0) is 11.2 Å². The average molecular weight is 325 g/mol. The van der Waals surface area contributed by atoms with Crippen molar-refractivity contribution in [2.75, 3.05) is 11.6 Å². The summed E-state index contributed by atoms with van der Waals surface area (Å²) in [5.74, 6) is -0.0431. The number of nitrogens with zero attached hydrogens (tertiary/aromatic N) is 4. The predicted octanol–water partition coefficient (Wildman–Crippen LogP) is 2.57. The molecule has 0 aliphatic heterocycles. The van der Waals surface area contributed by atoms with E-state index in [2.05, 4.69) is 20.8 Å². The third kappa shape index (κ3) is 3.95. The lowest BCUT2D eigenvalue weighted by Gasteiger charge is -2.07. The first-order valence-electron chi connectivity index (χ1n) is 7.01. The summed E-state index contributed by atoms with van der Waals surface area (Å²) < 4.78 is 1.57. The summed E-state index contributed by atoms with van der Waals surface area (Å²) in [5.41, 5.74) is 2.60. The van der Waals surface area contributed by atoms with Gasteiger partial charge in [-0.25, -0.2) is 4.68 Å². The number of thioether (sulfide) groups is 1. The van der Waals surface area contributed by atoms with E-state index in [1.54, 1.807) is 16.4 Å². The van der Waals surface area contributed by atoms with Crippen LogP contribution in [0.1, 0.15) is 5.56 Å². The Balaban J connectivity index is 1.63. The number of hydrogen-bond donors (Lipinski definition) is 1. The van der Waals surface area contributed by atoms with Crippen LogP contribution in [0.2, 0.25) is 0 Å². The van der Waals surface area contributed by atoms with Gasteiger partial charge in [0.25, 0.3) is 0 Å². The van der Waals surface area contributed by atoms with Crippen molar-refractivity contribution in [2.45, 2.75) is 11.3 Å². The third-order valence-corrected chi connectivity index (χ3v) is 3.99. The second kappa shape index (κ2) is 7.06. The molecule has 0 aliphatic rings. The van der Waals surface area contributed by atoms with E-state index in [-0.39, 0.29) is 5.91 Å². The van der Waals surface area contributed by atoms with Gasteiger partial charge in [0.15, 0.2) is 0 Å². The van der Waals surface area contributed by atoms with Crippen molar-refractivity contribution >= 4 is 23.4 Å². The number of amides is 1. The van der Waals surface area contributed by atoms with Gasteiger partial charge in [0.2, 0.25) is 5.91 Å². The number of carbonyl (C=O) groups excluding carboxylic acids is 1. The highest BCUT2D eigenvalue weighted by molar-refractivity contribution is 7.98. The van der Waals surface area contributed by atoms with E-state index in [4.69, 9.17) is 0 Å². The lowest BCUT2D eigenvalue weighted by molar-refractivity contribution is -0.115. The molecule has 2 aromatic carbocycles. The van der Waals surface area contributed by atoms with E-state index in [1.165, 1.54) is 6.33 Å². The standard InChI is InChI=1S/C16H15N5OS/c1-23-15-4-2-3-13(10-15)18-16(22)9-12-5-7-14(8-6-12)21-11-17-19-20-21/h2-8,10-11H,9H2,1H3,(H,18,22). The highest BCUT2D eigenvalue weighted by Gasteiger charge is 2.05. The first kappa shape index (κ1) is 15.2. The van der Waals surface area contributed by atoms with Gasteiger partial charge in [0.1, 0.15) is 6.33 Å². The molecule has 0 fully saturated rings. The monoisotopic (exact) mass is 325 g/mol.